The molecule has 1 atom stereocenters. The smallest absolute Gasteiger partial charge is 0.290 e. The molecule has 8 heteroatoms. The molecule has 2 heterocycles. The monoisotopic (exact) mass is 496 g/mol. The Bertz CT molecular complexity index is 1300. The number of halogens is 1. The van der Waals surface area contributed by atoms with Gasteiger partial charge in [0.15, 0.2) is 16.9 Å². The summed E-state index contributed by atoms with van der Waals surface area (Å²) in [5.74, 6) is 0.293. The number of hydrogen-bond acceptors (Lipinski definition) is 6. The van der Waals surface area contributed by atoms with E-state index in [0.717, 1.165) is 25.5 Å². The van der Waals surface area contributed by atoms with E-state index in [9.17, 15) is 14.0 Å². The van der Waals surface area contributed by atoms with Crippen LogP contribution in [-0.4, -0.2) is 56.1 Å². The fourth-order valence-corrected chi connectivity index (χ4v) is 4.54. The molecule has 0 fully saturated rings. The summed E-state index contributed by atoms with van der Waals surface area (Å²) in [6.07, 6.45) is 2.64. The Labute approximate surface area is 210 Å². The molecular weight excluding hydrogens is 463 g/mol. The van der Waals surface area contributed by atoms with E-state index in [1.165, 1.54) is 12.1 Å². The fraction of sp³-hybridized carbons (Fsp3) is 0.429. The third kappa shape index (κ3) is 5.09. The van der Waals surface area contributed by atoms with Crippen LogP contribution in [0.15, 0.2) is 45.6 Å². The van der Waals surface area contributed by atoms with E-state index in [0.29, 0.717) is 43.2 Å². The van der Waals surface area contributed by atoms with Gasteiger partial charge in [-0.25, -0.2) is 4.39 Å². The van der Waals surface area contributed by atoms with Crippen LogP contribution in [0.3, 0.4) is 0 Å². The van der Waals surface area contributed by atoms with Crippen molar-refractivity contribution >= 4 is 16.9 Å². The van der Waals surface area contributed by atoms with Crippen molar-refractivity contribution in [2.24, 2.45) is 0 Å². The Morgan fingerprint density at radius 3 is 2.56 bits per heavy atom. The van der Waals surface area contributed by atoms with Crippen LogP contribution in [0.2, 0.25) is 0 Å². The molecule has 0 radical (unpaired) electrons. The van der Waals surface area contributed by atoms with Crippen LogP contribution in [0.25, 0.3) is 11.0 Å². The van der Waals surface area contributed by atoms with E-state index in [2.05, 4.69) is 6.92 Å². The quantitative estimate of drug-likeness (QED) is 0.348. The summed E-state index contributed by atoms with van der Waals surface area (Å²) in [6, 6.07) is 8.58. The molecule has 3 aromatic rings. The highest BCUT2D eigenvalue weighted by molar-refractivity contribution is 5.99. The zero-order chi connectivity index (χ0) is 25.8. The number of amides is 1. The lowest BCUT2D eigenvalue weighted by atomic mass is 9.98. The van der Waals surface area contributed by atoms with Crippen molar-refractivity contribution in [3.05, 3.63) is 69.3 Å². The number of rotatable bonds is 11. The lowest BCUT2D eigenvalue weighted by Crippen LogP contribution is -2.32. The first-order valence-electron chi connectivity index (χ1n) is 12.5. The van der Waals surface area contributed by atoms with Gasteiger partial charge in [-0.15, -0.1) is 0 Å². The highest BCUT2D eigenvalue weighted by atomic mass is 19.1. The standard InChI is InChI=1S/C28H33FN2O5/c1-5-7-15-35-22-11-9-18(16-23(22)34-6-2)25-24-26(32)20-17-19(29)10-12-21(20)36-27(24)28(33)31(25)14-8-13-30(3)4/h9-12,16-17,25H,5-8,13-15H2,1-4H3. The van der Waals surface area contributed by atoms with Gasteiger partial charge in [-0.05, 0) is 76.3 Å². The predicted molar refractivity (Wildman–Crippen MR) is 137 cm³/mol. The van der Waals surface area contributed by atoms with Gasteiger partial charge >= 0.3 is 0 Å². The van der Waals surface area contributed by atoms with Crippen molar-refractivity contribution in [3.8, 4) is 11.5 Å². The van der Waals surface area contributed by atoms with Crippen LogP contribution >= 0.6 is 0 Å². The second kappa shape index (κ2) is 11.1. The Kier molecular flexibility index (Phi) is 7.94. The van der Waals surface area contributed by atoms with E-state index < -0.39 is 17.3 Å². The summed E-state index contributed by atoms with van der Waals surface area (Å²) in [4.78, 5) is 30.8. The number of carbonyl (C=O) groups is 1. The molecule has 0 aliphatic carbocycles. The molecule has 7 nitrogen and oxygen atoms in total. The van der Waals surface area contributed by atoms with Gasteiger partial charge in [0.05, 0.1) is 30.2 Å². The number of nitrogens with zero attached hydrogens (tertiary/aromatic N) is 2. The topological polar surface area (TPSA) is 72.2 Å². The second-order valence-corrected chi connectivity index (χ2v) is 9.21. The van der Waals surface area contributed by atoms with Crippen molar-refractivity contribution in [2.45, 2.75) is 39.2 Å². The summed E-state index contributed by atoms with van der Waals surface area (Å²) in [6.45, 7) is 6.19. The third-order valence-electron chi connectivity index (χ3n) is 6.27. The lowest BCUT2D eigenvalue weighted by Gasteiger charge is -2.26. The lowest BCUT2D eigenvalue weighted by molar-refractivity contribution is 0.0722. The van der Waals surface area contributed by atoms with E-state index in [-0.39, 0.29) is 28.2 Å². The highest BCUT2D eigenvalue weighted by Gasteiger charge is 2.42. The number of ether oxygens (including phenoxy) is 2. The first-order chi connectivity index (χ1) is 17.3. The molecule has 36 heavy (non-hydrogen) atoms. The van der Waals surface area contributed by atoms with Gasteiger partial charge in [0, 0.05) is 6.54 Å². The average Bonchev–Trinajstić information content (AvgIpc) is 3.12. The minimum Gasteiger partial charge on any atom is -0.490 e. The first kappa shape index (κ1) is 25.7. The first-order valence-corrected chi connectivity index (χ1v) is 12.5. The zero-order valence-corrected chi connectivity index (χ0v) is 21.3. The van der Waals surface area contributed by atoms with Crippen molar-refractivity contribution in [1.29, 1.82) is 0 Å². The number of unbranched alkanes of at least 4 members (excludes halogenated alkanes) is 1. The molecule has 0 bridgehead atoms. The molecule has 1 aliphatic rings. The SMILES string of the molecule is CCCCOc1ccc(C2c3c(oc4ccc(F)cc4c3=O)C(=O)N2CCCN(C)C)cc1OCC. The van der Waals surface area contributed by atoms with Crippen molar-refractivity contribution in [3.63, 3.8) is 0 Å². The number of carbonyl (C=O) groups excluding carboxylic acids is 1. The maximum absolute atomic E-state index is 14.0. The number of benzene rings is 2. The van der Waals surface area contributed by atoms with E-state index in [1.54, 1.807) is 4.90 Å². The van der Waals surface area contributed by atoms with Crippen LogP contribution < -0.4 is 14.9 Å². The third-order valence-corrected chi connectivity index (χ3v) is 6.27. The molecule has 0 spiro atoms. The van der Waals surface area contributed by atoms with E-state index in [1.807, 2.05) is 44.1 Å². The van der Waals surface area contributed by atoms with Gasteiger partial charge in [0.1, 0.15) is 11.4 Å². The van der Waals surface area contributed by atoms with Crippen molar-refractivity contribution in [1.82, 2.24) is 9.80 Å². The summed E-state index contributed by atoms with van der Waals surface area (Å²) in [5, 5.41) is 0.117. The summed E-state index contributed by atoms with van der Waals surface area (Å²) >= 11 is 0. The maximum Gasteiger partial charge on any atom is 0.290 e. The Morgan fingerprint density at radius 1 is 1.03 bits per heavy atom. The molecule has 2 aromatic carbocycles. The Hall–Kier alpha value is -3.39. The second-order valence-electron chi connectivity index (χ2n) is 9.21. The van der Waals surface area contributed by atoms with Gasteiger partial charge in [0.25, 0.3) is 5.91 Å². The predicted octanol–water partition coefficient (Wildman–Crippen LogP) is 5.01. The molecule has 1 amide bonds. The molecule has 0 saturated heterocycles. The average molecular weight is 497 g/mol. The molecule has 1 aliphatic heterocycles. The molecule has 1 unspecified atom stereocenters. The maximum atomic E-state index is 14.0. The van der Waals surface area contributed by atoms with Crippen LogP contribution in [-0.2, 0) is 0 Å². The molecule has 4 rings (SSSR count). The fourth-order valence-electron chi connectivity index (χ4n) is 4.54. The zero-order valence-electron chi connectivity index (χ0n) is 21.3. The Morgan fingerprint density at radius 2 is 1.83 bits per heavy atom. The highest BCUT2D eigenvalue weighted by Crippen LogP contribution is 2.41. The van der Waals surface area contributed by atoms with Gasteiger partial charge < -0.3 is 23.7 Å². The van der Waals surface area contributed by atoms with Crippen LogP contribution in [0.5, 0.6) is 11.5 Å². The molecule has 192 valence electrons. The van der Waals surface area contributed by atoms with Gasteiger partial charge in [-0.2, -0.15) is 0 Å². The van der Waals surface area contributed by atoms with Crippen LogP contribution in [0.4, 0.5) is 4.39 Å². The van der Waals surface area contributed by atoms with Gasteiger partial charge in [-0.1, -0.05) is 19.4 Å². The van der Waals surface area contributed by atoms with Gasteiger partial charge in [0.2, 0.25) is 5.76 Å². The van der Waals surface area contributed by atoms with Crippen LogP contribution in [0, 0.1) is 5.82 Å². The van der Waals surface area contributed by atoms with Gasteiger partial charge in [-0.3, -0.25) is 9.59 Å². The molecular formula is C28H33FN2O5. The molecule has 1 aromatic heterocycles. The molecule has 0 N–H and O–H groups in total. The number of hydrogen-bond donors (Lipinski definition) is 0. The normalized spacial score (nSPS) is 15.1. The minimum atomic E-state index is -0.678. The van der Waals surface area contributed by atoms with Crippen molar-refractivity contribution in [2.75, 3.05) is 40.4 Å². The Balaban J connectivity index is 1.83. The molecule has 0 saturated carbocycles. The van der Waals surface area contributed by atoms with E-state index >= 15 is 0 Å². The van der Waals surface area contributed by atoms with E-state index in [4.69, 9.17) is 13.9 Å². The van der Waals surface area contributed by atoms with Crippen molar-refractivity contribution < 1.29 is 23.1 Å². The van der Waals surface area contributed by atoms with Crippen LogP contribution in [0.1, 0.15) is 60.8 Å². The number of fused-ring (bicyclic) bond motifs is 2. The minimum absolute atomic E-state index is 0.00944. The summed E-state index contributed by atoms with van der Waals surface area (Å²) in [7, 11) is 3.94. The summed E-state index contributed by atoms with van der Waals surface area (Å²) < 4.78 is 31.7. The summed E-state index contributed by atoms with van der Waals surface area (Å²) in [5.41, 5.74) is 0.726. The largest absolute Gasteiger partial charge is 0.490 e.